The Hall–Kier alpha value is -2.19. The van der Waals surface area contributed by atoms with Crippen LogP contribution >= 0.6 is 0 Å². The van der Waals surface area contributed by atoms with E-state index >= 15 is 0 Å². The van der Waals surface area contributed by atoms with Crippen molar-refractivity contribution in [2.75, 3.05) is 11.9 Å². The van der Waals surface area contributed by atoms with Crippen molar-refractivity contribution in [2.45, 2.75) is 17.7 Å². The van der Waals surface area contributed by atoms with Crippen LogP contribution in [0.2, 0.25) is 0 Å². The summed E-state index contributed by atoms with van der Waals surface area (Å²) in [6.07, 6.45) is 4.00. The van der Waals surface area contributed by atoms with Crippen molar-refractivity contribution in [3.63, 3.8) is 0 Å². The van der Waals surface area contributed by atoms with Crippen LogP contribution in [0.4, 0.5) is 5.69 Å². The van der Waals surface area contributed by atoms with E-state index in [0.717, 1.165) is 5.82 Å². The molecular weight excluding hydrogens is 292 g/mol. The summed E-state index contributed by atoms with van der Waals surface area (Å²) in [5.74, 6) is 0.603. The van der Waals surface area contributed by atoms with Crippen LogP contribution in [0.5, 0.6) is 0 Å². The second-order valence-electron chi connectivity index (χ2n) is 4.73. The van der Waals surface area contributed by atoms with Crippen molar-refractivity contribution < 1.29 is 13.2 Å². The SMILES string of the molecule is O=C1Cc2cc(S(=O)(=O)NCCc3ncc[nH]3)ccc2N1. The number of H-pyrrole nitrogens is 1. The van der Waals surface area contributed by atoms with Gasteiger partial charge in [0.05, 0.1) is 11.3 Å². The number of aromatic nitrogens is 2. The summed E-state index contributed by atoms with van der Waals surface area (Å²) < 4.78 is 26.9. The number of benzene rings is 1. The summed E-state index contributed by atoms with van der Waals surface area (Å²) in [7, 11) is -3.58. The molecule has 0 fully saturated rings. The quantitative estimate of drug-likeness (QED) is 0.745. The van der Waals surface area contributed by atoms with Gasteiger partial charge in [-0.3, -0.25) is 4.79 Å². The zero-order chi connectivity index (χ0) is 14.9. The first kappa shape index (κ1) is 13.8. The van der Waals surface area contributed by atoms with Gasteiger partial charge >= 0.3 is 0 Å². The van der Waals surface area contributed by atoms with Gasteiger partial charge in [0.1, 0.15) is 5.82 Å². The Morgan fingerprint density at radius 2 is 2.19 bits per heavy atom. The molecule has 1 aromatic carbocycles. The number of carbonyl (C=O) groups excluding carboxylic acids is 1. The fourth-order valence-corrected chi connectivity index (χ4v) is 3.28. The maximum Gasteiger partial charge on any atom is 0.240 e. The number of fused-ring (bicyclic) bond motifs is 1. The molecule has 0 aliphatic carbocycles. The molecule has 3 rings (SSSR count). The first-order valence-electron chi connectivity index (χ1n) is 6.45. The van der Waals surface area contributed by atoms with E-state index in [2.05, 4.69) is 20.0 Å². The molecule has 1 aromatic heterocycles. The summed E-state index contributed by atoms with van der Waals surface area (Å²) in [5.41, 5.74) is 1.38. The van der Waals surface area contributed by atoms with Gasteiger partial charge in [-0.05, 0) is 23.8 Å². The molecule has 1 aliphatic heterocycles. The lowest BCUT2D eigenvalue weighted by Crippen LogP contribution is -2.26. The molecule has 1 amide bonds. The van der Waals surface area contributed by atoms with E-state index in [-0.39, 0.29) is 23.8 Å². The van der Waals surface area contributed by atoms with Crippen molar-refractivity contribution in [3.05, 3.63) is 42.0 Å². The van der Waals surface area contributed by atoms with E-state index in [4.69, 9.17) is 0 Å². The minimum absolute atomic E-state index is 0.120. The van der Waals surface area contributed by atoms with Gasteiger partial charge in [-0.2, -0.15) is 0 Å². The standard InChI is InChI=1S/C13H14N4O3S/c18-13-8-9-7-10(1-2-11(9)17-13)21(19,20)16-4-3-12-14-5-6-15-12/h1-2,5-7,16H,3-4,8H2,(H,14,15)(H,17,18). The van der Waals surface area contributed by atoms with Crippen LogP contribution in [0.3, 0.4) is 0 Å². The highest BCUT2D eigenvalue weighted by molar-refractivity contribution is 7.89. The molecule has 0 atom stereocenters. The minimum atomic E-state index is -3.58. The normalized spacial score (nSPS) is 14.0. The number of rotatable bonds is 5. The number of aromatic amines is 1. The maximum atomic E-state index is 12.2. The molecule has 0 radical (unpaired) electrons. The molecule has 2 aromatic rings. The maximum absolute atomic E-state index is 12.2. The van der Waals surface area contributed by atoms with Crippen molar-refractivity contribution in [1.82, 2.24) is 14.7 Å². The van der Waals surface area contributed by atoms with Gasteiger partial charge in [0.2, 0.25) is 15.9 Å². The van der Waals surface area contributed by atoms with Crippen molar-refractivity contribution in [3.8, 4) is 0 Å². The number of hydrogen-bond acceptors (Lipinski definition) is 4. The third-order valence-corrected chi connectivity index (χ3v) is 4.68. The average molecular weight is 306 g/mol. The average Bonchev–Trinajstić information content (AvgIpc) is 3.05. The Morgan fingerprint density at radius 1 is 1.33 bits per heavy atom. The third kappa shape index (κ3) is 2.96. The topological polar surface area (TPSA) is 104 Å². The molecule has 110 valence electrons. The van der Waals surface area contributed by atoms with Crippen LogP contribution in [0, 0.1) is 0 Å². The number of nitrogens with one attached hydrogen (secondary N) is 3. The Balaban J connectivity index is 1.70. The highest BCUT2D eigenvalue weighted by Crippen LogP contribution is 2.25. The largest absolute Gasteiger partial charge is 0.349 e. The lowest BCUT2D eigenvalue weighted by Gasteiger charge is -2.07. The van der Waals surface area contributed by atoms with Crippen molar-refractivity contribution in [2.24, 2.45) is 0 Å². The molecule has 3 N–H and O–H groups in total. The van der Waals surface area contributed by atoms with Crippen molar-refractivity contribution >= 4 is 21.6 Å². The fraction of sp³-hybridized carbons (Fsp3) is 0.231. The van der Waals surface area contributed by atoms with E-state index in [0.29, 0.717) is 17.7 Å². The van der Waals surface area contributed by atoms with E-state index < -0.39 is 10.0 Å². The Bertz CT molecular complexity index is 769. The Morgan fingerprint density at radius 3 is 2.95 bits per heavy atom. The Kier molecular flexibility index (Phi) is 3.48. The summed E-state index contributed by atoms with van der Waals surface area (Å²) in [5, 5.41) is 2.67. The Labute approximate surface area is 121 Å². The molecule has 8 heteroatoms. The second kappa shape index (κ2) is 5.30. The summed E-state index contributed by atoms with van der Waals surface area (Å²) >= 11 is 0. The van der Waals surface area contributed by atoms with Gasteiger partial charge in [-0.1, -0.05) is 0 Å². The molecule has 0 spiro atoms. The predicted molar refractivity (Wildman–Crippen MR) is 76.3 cm³/mol. The highest BCUT2D eigenvalue weighted by Gasteiger charge is 2.21. The first-order valence-corrected chi connectivity index (χ1v) is 7.93. The van der Waals surface area contributed by atoms with Gasteiger partial charge in [-0.25, -0.2) is 18.1 Å². The second-order valence-corrected chi connectivity index (χ2v) is 6.49. The minimum Gasteiger partial charge on any atom is -0.349 e. The fourth-order valence-electron chi connectivity index (χ4n) is 2.19. The van der Waals surface area contributed by atoms with Crippen molar-refractivity contribution in [1.29, 1.82) is 0 Å². The van der Waals surface area contributed by atoms with Crippen LogP contribution < -0.4 is 10.0 Å². The smallest absolute Gasteiger partial charge is 0.240 e. The summed E-state index contributed by atoms with van der Waals surface area (Å²) in [6, 6.07) is 4.63. The number of carbonyl (C=O) groups is 1. The highest BCUT2D eigenvalue weighted by atomic mass is 32.2. The molecule has 7 nitrogen and oxygen atoms in total. The van der Waals surface area contributed by atoms with Gasteiger partial charge < -0.3 is 10.3 Å². The number of anilines is 1. The summed E-state index contributed by atoms with van der Waals surface area (Å²) in [6.45, 7) is 0.254. The number of nitrogens with zero attached hydrogens (tertiary/aromatic N) is 1. The monoisotopic (exact) mass is 306 g/mol. The zero-order valence-electron chi connectivity index (χ0n) is 11.1. The molecular formula is C13H14N4O3S. The summed E-state index contributed by atoms with van der Waals surface area (Å²) in [4.78, 5) is 18.4. The number of imidazole rings is 1. The van der Waals surface area contributed by atoms with E-state index in [1.807, 2.05) is 0 Å². The van der Waals surface area contributed by atoms with E-state index in [1.54, 1.807) is 18.5 Å². The molecule has 0 bridgehead atoms. The molecule has 21 heavy (non-hydrogen) atoms. The molecule has 1 aliphatic rings. The van der Waals surface area contributed by atoms with Gasteiger partial charge in [0.15, 0.2) is 0 Å². The number of sulfonamides is 1. The lowest BCUT2D eigenvalue weighted by atomic mass is 10.2. The van der Waals surface area contributed by atoms with Crippen LogP contribution in [-0.4, -0.2) is 30.8 Å². The van der Waals surface area contributed by atoms with E-state index in [9.17, 15) is 13.2 Å². The number of hydrogen-bond donors (Lipinski definition) is 3. The molecule has 0 unspecified atom stereocenters. The van der Waals surface area contributed by atoms with Gasteiger partial charge in [0.25, 0.3) is 0 Å². The van der Waals surface area contributed by atoms with Crippen LogP contribution in [-0.2, 0) is 27.7 Å². The van der Waals surface area contributed by atoms with Crippen LogP contribution in [0.15, 0.2) is 35.5 Å². The lowest BCUT2D eigenvalue weighted by molar-refractivity contribution is -0.115. The molecule has 0 saturated carbocycles. The van der Waals surface area contributed by atoms with Gasteiger partial charge in [-0.15, -0.1) is 0 Å². The van der Waals surface area contributed by atoms with Gasteiger partial charge in [0, 0.05) is 31.0 Å². The number of amides is 1. The zero-order valence-corrected chi connectivity index (χ0v) is 11.9. The first-order chi connectivity index (χ1) is 10.0. The predicted octanol–water partition coefficient (Wildman–Crippen LogP) is 0.425. The van der Waals surface area contributed by atoms with Crippen LogP contribution in [0.25, 0.3) is 0 Å². The van der Waals surface area contributed by atoms with E-state index in [1.165, 1.54) is 12.1 Å². The van der Waals surface area contributed by atoms with Crippen LogP contribution in [0.1, 0.15) is 11.4 Å². The molecule has 2 heterocycles. The third-order valence-electron chi connectivity index (χ3n) is 3.22. The molecule has 0 saturated heterocycles.